The van der Waals surface area contributed by atoms with Gasteiger partial charge in [-0.1, -0.05) is 30.3 Å². The van der Waals surface area contributed by atoms with Crippen LogP contribution in [-0.4, -0.2) is 35.6 Å². The lowest BCUT2D eigenvalue weighted by molar-refractivity contribution is -0.123. The van der Waals surface area contributed by atoms with E-state index < -0.39 is 5.60 Å². The van der Waals surface area contributed by atoms with Crippen LogP contribution in [-0.2, 0) is 9.53 Å². The van der Waals surface area contributed by atoms with E-state index in [0.29, 0.717) is 13.1 Å². The number of carbonyl (C=O) groups excluding carboxylic acids is 2. The molecule has 0 aromatic heterocycles. The van der Waals surface area contributed by atoms with Gasteiger partial charge in [0.05, 0.1) is 6.04 Å². The van der Waals surface area contributed by atoms with Crippen molar-refractivity contribution >= 4 is 12.0 Å². The lowest BCUT2D eigenvalue weighted by Crippen LogP contribution is -2.36. The third-order valence-electron chi connectivity index (χ3n) is 5.20. The Labute approximate surface area is 149 Å². The smallest absolute Gasteiger partial charge is 0.410 e. The largest absolute Gasteiger partial charge is 0.444 e. The van der Waals surface area contributed by atoms with Crippen LogP contribution >= 0.6 is 0 Å². The number of nitrogens with zero attached hydrogens (tertiary/aromatic N) is 1. The highest BCUT2D eigenvalue weighted by molar-refractivity contribution is 5.83. The van der Waals surface area contributed by atoms with E-state index in [2.05, 4.69) is 5.32 Å². The molecule has 1 aromatic carbocycles. The molecule has 0 radical (unpaired) electrons. The molecule has 0 unspecified atom stereocenters. The normalized spacial score (nSPS) is 26.4. The van der Waals surface area contributed by atoms with Gasteiger partial charge in [0.1, 0.15) is 5.60 Å². The number of hydrogen-bond donors (Lipinski definition) is 1. The van der Waals surface area contributed by atoms with Gasteiger partial charge in [0.15, 0.2) is 0 Å². The molecule has 1 heterocycles. The lowest BCUT2D eigenvalue weighted by atomic mass is 10.0. The van der Waals surface area contributed by atoms with Crippen molar-refractivity contribution in [3.8, 4) is 0 Å². The molecule has 5 nitrogen and oxygen atoms in total. The SMILES string of the molecule is C[C@@H](NC(=O)[C@H]1C[C@]12CCN(C(=O)OC(C)(C)C)C2)c1ccccc1. The number of benzene rings is 1. The summed E-state index contributed by atoms with van der Waals surface area (Å²) in [4.78, 5) is 26.6. The van der Waals surface area contributed by atoms with Crippen LogP contribution in [0.1, 0.15) is 52.1 Å². The van der Waals surface area contributed by atoms with Gasteiger partial charge in [-0.15, -0.1) is 0 Å². The van der Waals surface area contributed by atoms with Gasteiger partial charge in [0.25, 0.3) is 0 Å². The van der Waals surface area contributed by atoms with E-state index in [0.717, 1.165) is 18.4 Å². The second-order valence-electron chi connectivity index (χ2n) is 8.41. The molecular formula is C20H28N2O3. The fourth-order valence-electron chi connectivity index (χ4n) is 3.69. The first-order valence-corrected chi connectivity index (χ1v) is 9.03. The Morgan fingerprint density at radius 1 is 1.28 bits per heavy atom. The molecule has 3 rings (SSSR count). The standard InChI is InChI=1S/C20H28N2O3/c1-14(15-8-6-5-7-9-15)21-17(23)16-12-20(16)10-11-22(13-20)18(24)25-19(2,3)4/h5-9,14,16H,10-13H2,1-4H3,(H,21,23)/t14-,16-,20+/m1/s1. The highest BCUT2D eigenvalue weighted by Gasteiger charge is 2.61. The van der Waals surface area contributed by atoms with Gasteiger partial charge in [-0.3, -0.25) is 4.79 Å². The summed E-state index contributed by atoms with van der Waals surface area (Å²) in [5.41, 5.74) is 0.572. The van der Waals surface area contributed by atoms with E-state index in [1.807, 2.05) is 58.0 Å². The Balaban J connectivity index is 1.54. The second-order valence-corrected chi connectivity index (χ2v) is 8.41. The number of rotatable bonds is 3. The molecule has 136 valence electrons. The number of hydrogen-bond acceptors (Lipinski definition) is 3. The molecule has 2 fully saturated rings. The maximum absolute atomic E-state index is 12.6. The molecule has 2 amide bonds. The molecule has 1 aliphatic heterocycles. The van der Waals surface area contributed by atoms with Gasteiger partial charge in [-0.25, -0.2) is 4.79 Å². The third-order valence-corrected chi connectivity index (χ3v) is 5.20. The van der Waals surface area contributed by atoms with Gasteiger partial charge >= 0.3 is 6.09 Å². The molecule has 1 spiro atoms. The zero-order chi connectivity index (χ0) is 18.2. The van der Waals surface area contributed by atoms with Gasteiger partial charge in [-0.2, -0.15) is 0 Å². The minimum Gasteiger partial charge on any atom is -0.444 e. The number of ether oxygens (including phenoxy) is 1. The molecule has 1 N–H and O–H groups in total. The Bertz CT molecular complexity index is 653. The highest BCUT2D eigenvalue weighted by atomic mass is 16.6. The molecule has 25 heavy (non-hydrogen) atoms. The third kappa shape index (κ3) is 3.97. The number of likely N-dealkylation sites (tertiary alicyclic amines) is 1. The van der Waals surface area contributed by atoms with Crippen LogP contribution in [0.5, 0.6) is 0 Å². The summed E-state index contributed by atoms with van der Waals surface area (Å²) in [6.07, 6.45) is 1.47. The maximum Gasteiger partial charge on any atom is 0.410 e. The summed E-state index contributed by atoms with van der Waals surface area (Å²) >= 11 is 0. The summed E-state index contributed by atoms with van der Waals surface area (Å²) in [5, 5.41) is 3.12. The van der Waals surface area contributed by atoms with E-state index in [9.17, 15) is 9.59 Å². The minimum atomic E-state index is -0.488. The van der Waals surface area contributed by atoms with Crippen molar-refractivity contribution in [2.75, 3.05) is 13.1 Å². The van der Waals surface area contributed by atoms with Gasteiger partial charge in [0.2, 0.25) is 5.91 Å². The van der Waals surface area contributed by atoms with E-state index in [-0.39, 0.29) is 29.4 Å². The van der Waals surface area contributed by atoms with Crippen LogP contribution in [0.25, 0.3) is 0 Å². The van der Waals surface area contributed by atoms with Crippen LogP contribution in [0.3, 0.4) is 0 Å². The quantitative estimate of drug-likeness (QED) is 0.913. The van der Waals surface area contributed by atoms with Crippen molar-refractivity contribution in [2.45, 2.75) is 52.2 Å². The molecule has 1 saturated carbocycles. The van der Waals surface area contributed by atoms with Gasteiger partial charge in [-0.05, 0) is 46.1 Å². The topological polar surface area (TPSA) is 58.6 Å². The first-order valence-electron chi connectivity index (χ1n) is 9.03. The van der Waals surface area contributed by atoms with Crippen molar-refractivity contribution in [1.82, 2.24) is 10.2 Å². The Kier molecular flexibility index (Phi) is 4.52. The molecule has 0 bridgehead atoms. The molecule has 1 saturated heterocycles. The average molecular weight is 344 g/mol. The Hall–Kier alpha value is -2.04. The summed E-state index contributed by atoms with van der Waals surface area (Å²) in [6.45, 7) is 8.91. The van der Waals surface area contributed by atoms with Crippen molar-refractivity contribution in [3.05, 3.63) is 35.9 Å². The van der Waals surface area contributed by atoms with E-state index in [1.54, 1.807) is 4.90 Å². The minimum absolute atomic E-state index is 0.00490. The number of carbonyl (C=O) groups is 2. The van der Waals surface area contributed by atoms with Crippen LogP contribution in [0, 0.1) is 11.3 Å². The number of nitrogens with one attached hydrogen (secondary N) is 1. The molecule has 2 aliphatic rings. The predicted molar refractivity (Wildman–Crippen MR) is 96.0 cm³/mol. The van der Waals surface area contributed by atoms with E-state index in [1.165, 1.54) is 0 Å². The molecule has 3 atom stereocenters. The lowest BCUT2D eigenvalue weighted by Gasteiger charge is -2.24. The summed E-state index contributed by atoms with van der Waals surface area (Å²) in [6, 6.07) is 9.96. The van der Waals surface area contributed by atoms with E-state index >= 15 is 0 Å². The first-order chi connectivity index (χ1) is 11.7. The van der Waals surface area contributed by atoms with Crippen molar-refractivity contribution in [3.63, 3.8) is 0 Å². The highest BCUT2D eigenvalue weighted by Crippen LogP contribution is 2.58. The zero-order valence-corrected chi connectivity index (χ0v) is 15.5. The van der Waals surface area contributed by atoms with Crippen LogP contribution in [0.2, 0.25) is 0 Å². The van der Waals surface area contributed by atoms with Crippen molar-refractivity contribution in [2.24, 2.45) is 11.3 Å². The van der Waals surface area contributed by atoms with Crippen molar-refractivity contribution < 1.29 is 14.3 Å². The maximum atomic E-state index is 12.6. The predicted octanol–water partition coefficient (Wildman–Crippen LogP) is 3.51. The fraction of sp³-hybridized carbons (Fsp3) is 0.600. The molecule has 5 heteroatoms. The summed E-state index contributed by atoms with van der Waals surface area (Å²) < 4.78 is 5.45. The summed E-state index contributed by atoms with van der Waals surface area (Å²) in [5.74, 6) is 0.105. The molecular weight excluding hydrogens is 316 g/mol. The van der Waals surface area contributed by atoms with Crippen LogP contribution in [0.15, 0.2) is 30.3 Å². The van der Waals surface area contributed by atoms with E-state index in [4.69, 9.17) is 4.74 Å². The molecule has 1 aliphatic carbocycles. The second kappa shape index (κ2) is 6.36. The Morgan fingerprint density at radius 3 is 2.60 bits per heavy atom. The van der Waals surface area contributed by atoms with Gasteiger partial charge < -0.3 is 15.0 Å². The fourth-order valence-corrected chi connectivity index (χ4v) is 3.69. The van der Waals surface area contributed by atoms with Gasteiger partial charge in [0, 0.05) is 24.4 Å². The van der Waals surface area contributed by atoms with Crippen LogP contribution < -0.4 is 5.32 Å². The monoisotopic (exact) mass is 344 g/mol. The zero-order valence-electron chi connectivity index (χ0n) is 15.5. The molecule has 1 aromatic rings. The average Bonchev–Trinajstić information content (AvgIpc) is 3.06. The first kappa shape index (κ1) is 17.8. The van der Waals surface area contributed by atoms with Crippen molar-refractivity contribution in [1.29, 1.82) is 0 Å². The Morgan fingerprint density at radius 2 is 1.96 bits per heavy atom. The van der Waals surface area contributed by atoms with Crippen LogP contribution in [0.4, 0.5) is 4.79 Å². The number of amides is 2. The summed E-state index contributed by atoms with van der Waals surface area (Å²) in [7, 11) is 0.